The second-order valence-corrected chi connectivity index (χ2v) is 4.77. The Labute approximate surface area is 121 Å². The highest BCUT2D eigenvalue weighted by molar-refractivity contribution is 5.88. The summed E-state index contributed by atoms with van der Waals surface area (Å²) in [6.45, 7) is 4.54. The van der Waals surface area contributed by atoms with E-state index in [0.29, 0.717) is 30.4 Å². The van der Waals surface area contributed by atoms with Crippen LogP contribution in [-0.4, -0.2) is 44.8 Å². The molecule has 0 unspecified atom stereocenters. The predicted octanol–water partition coefficient (Wildman–Crippen LogP) is 0.121. The molecule has 2 heterocycles. The number of rotatable bonds is 6. The first-order valence-corrected chi connectivity index (χ1v) is 6.60. The van der Waals surface area contributed by atoms with E-state index in [2.05, 4.69) is 25.2 Å². The summed E-state index contributed by atoms with van der Waals surface area (Å²) in [4.78, 5) is 15.9. The Hall–Kier alpha value is -2.29. The molecule has 9 heteroatoms. The lowest BCUT2D eigenvalue weighted by atomic mass is 10.2. The monoisotopic (exact) mass is 294 g/mol. The summed E-state index contributed by atoms with van der Waals surface area (Å²) in [5.74, 6) is 0.655. The molecule has 0 aliphatic carbocycles. The molecule has 0 fully saturated rings. The van der Waals surface area contributed by atoms with E-state index in [4.69, 9.17) is 10.3 Å². The van der Waals surface area contributed by atoms with Gasteiger partial charge in [0, 0.05) is 12.3 Å². The quantitative estimate of drug-likeness (QED) is 0.745. The first-order chi connectivity index (χ1) is 10.1. The minimum Gasteiger partial charge on any atom is -0.464 e. The van der Waals surface area contributed by atoms with Gasteiger partial charge in [0.25, 0.3) is 0 Å². The molecule has 0 saturated heterocycles. The molecule has 21 heavy (non-hydrogen) atoms. The maximum atomic E-state index is 11.6. The average molecular weight is 294 g/mol. The summed E-state index contributed by atoms with van der Waals surface area (Å²) >= 11 is 0. The van der Waals surface area contributed by atoms with Crippen molar-refractivity contribution < 1.29 is 14.1 Å². The Morgan fingerprint density at radius 1 is 1.48 bits per heavy atom. The van der Waals surface area contributed by atoms with Crippen molar-refractivity contribution in [1.29, 1.82) is 0 Å². The van der Waals surface area contributed by atoms with Crippen LogP contribution in [0.4, 0.5) is 0 Å². The number of hydrogen-bond donors (Lipinski definition) is 1. The van der Waals surface area contributed by atoms with Crippen LogP contribution in [0.25, 0.3) is 0 Å². The second kappa shape index (κ2) is 6.44. The molecule has 114 valence electrons. The van der Waals surface area contributed by atoms with Crippen molar-refractivity contribution in [3.63, 3.8) is 0 Å². The van der Waals surface area contributed by atoms with E-state index in [-0.39, 0.29) is 18.2 Å². The Morgan fingerprint density at radius 2 is 2.24 bits per heavy atom. The summed E-state index contributed by atoms with van der Waals surface area (Å²) in [5, 5.41) is 11.7. The SMILES string of the molecule is COC(=O)c1nnn(Cc2nc(C(C)C)no2)c1CCN. The van der Waals surface area contributed by atoms with Crippen LogP contribution in [0.15, 0.2) is 4.52 Å². The summed E-state index contributed by atoms with van der Waals surface area (Å²) in [5.41, 5.74) is 6.31. The molecule has 0 aliphatic rings. The normalized spacial score (nSPS) is 11.1. The molecule has 0 aliphatic heterocycles. The maximum absolute atomic E-state index is 11.6. The van der Waals surface area contributed by atoms with Crippen LogP contribution in [0.5, 0.6) is 0 Å². The third kappa shape index (κ3) is 3.24. The van der Waals surface area contributed by atoms with Gasteiger partial charge >= 0.3 is 5.97 Å². The van der Waals surface area contributed by atoms with Crippen LogP contribution in [0.3, 0.4) is 0 Å². The van der Waals surface area contributed by atoms with Crippen LogP contribution < -0.4 is 5.73 Å². The number of hydrogen-bond acceptors (Lipinski definition) is 8. The van der Waals surface area contributed by atoms with E-state index in [0.717, 1.165) is 0 Å². The van der Waals surface area contributed by atoms with Crippen LogP contribution >= 0.6 is 0 Å². The van der Waals surface area contributed by atoms with Gasteiger partial charge in [0.1, 0.15) is 6.54 Å². The number of methoxy groups -OCH3 is 1. The van der Waals surface area contributed by atoms with Crippen molar-refractivity contribution in [2.24, 2.45) is 5.73 Å². The number of nitrogens with two attached hydrogens (primary N) is 1. The van der Waals surface area contributed by atoms with E-state index in [1.165, 1.54) is 11.8 Å². The van der Waals surface area contributed by atoms with E-state index in [9.17, 15) is 4.79 Å². The molecule has 0 spiro atoms. The first-order valence-electron chi connectivity index (χ1n) is 6.60. The first kappa shape index (κ1) is 15.1. The molecule has 2 aromatic rings. The smallest absolute Gasteiger partial charge is 0.360 e. The largest absolute Gasteiger partial charge is 0.464 e. The van der Waals surface area contributed by atoms with E-state index in [1.54, 1.807) is 0 Å². The van der Waals surface area contributed by atoms with Gasteiger partial charge in [-0.15, -0.1) is 5.10 Å². The second-order valence-electron chi connectivity index (χ2n) is 4.77. The fourth-order valence-electron chi connectivity index (χ4n) is 1.79. The van der Waals surface area contributed by atoms with Gasteiger partial charge in [-0.25, -0.2) is 9.48 Å². The zero-order valence-corrected chi connectivity index (χ0v) is 12.2. The Bertz CT molecular complexity index is 618. The van der Waals surface area contributed by atoms with E-state index < -0.39 is 5.97 Å². The predicted molar refractivity (Wildman–Crippen MR) is 71.6 cm³/mol. The summed E-state index contributed by atoms with van der Waals surface area (Å²) in [6.07, 6.45) is 0.447. The molecular weight excluding hydrogens is 276 g/mol. The Kier molecular flexibility index (Phi) is 4.63. The van der Waals surface area contributed by atoms with Gasteiger partial charge in [-0.1, -0.05) is 24.2 Å². The number of carbonyl (C=O) groups is 1. The lowest BCUT2D eigenvalue weighted by Gasteiger charge is -2.03. The fraction of sp³-hybridized carbons (Fsp3) is 0.583. The molecule has 2 rings (SSSR count). The van der Waals surface area contributed by atoms with Crippen LogP contribution in [0.2, 0.25) is 0 Å². The lowest BCUT2D eigenvalue weighted by molar-refractivity contribution is 0.0592. The van der Waals surface area contributed by atoms with Gasteiger partial charge in [0.05, 0.1) is 12.8 Å². The fourth-order valence-corrected chi connectivity index (χ4v) is 1.79. The molecular formula is C12H18N6O3. The van der Waals surface area contributed by atoms with Crippen LogP contribution in [0, 0.1) is 0 Å². The van der Waals surface area contributed by atoms with E-state index >= 15 is 0 Å². The summed E-state index contributed by atoms with van der Waals surface area (Å²) in [7, 11) is 1.29. The molecule has 2 aromatic heterocycles. The summed E-state index contributed by atoms with van der Waals surface area (Å²) in [6, 6.07) is 0. The van der Waals surface area contributed by atoms with Crippen LogP contribution in [-0.2, 0) is 17.7 Å². The standard InChI is InChI=1S/C12H18N6O3/c1-7(2)11-14-9(21-16-11)6-18-8(4-5-13)10(15-17-18)12(19)20-3/h7H,4-6,13H2,1-3H3. The van der Waals surface area contributed by atoms with Crippen molar-refractivity contribution in [2.75, 3.05) is 13.7 Å². The molecule has 0 atom stereocenters. The number of nitrogens with zero attached hydrogens (tertiary/aromatic N) is 5. The molecule has 0 radical (unpaired) electrons. The van der Waals surface area contributed by atoms with Gasteiger partial charge in [-0.2, -0.15) is 4.98 Å². The van der Waals surface area contributed by atoms with Crippen LogP contribution in [0.1, 0.15) is 47.7 Å². The lowest BCUT2D eigenvalue weighted by Crippen LogP contribution is -2.15. The van der Waals surface area contributed by atoms with Crippen molar-refractivity contribution >= 4 is 5.97 Å². The highest BCUT2D eigenvalue weighted by Gasteiger charge is 2.21. The molecule has 0 amide bonds. The Morgan fingerprint density at radius 3 is 2.81 bits per heavy atom. The molecule has 0 aromatic carbocycles. The van der Waals surface area contributed by atoms with E-state index in [1.807, 2.05) is 13.8 Å². The minimum atomic E-state index is -0.543. The molecule has 9 nitrogen and oxygen atoms in total. The number of esters is 1. The van der Waals surface area contributed by atoms with Crippen molar-refractivity contribution in [3.05, 3.63) is 23.1 Å². The zero-order valence-electron chi connectivity index (χ0n) is 12.2. The van der Waals surface area contributed by atoms with Gasteiger partial charge in [0.15, 0.2) is 11.5 Å². The number of carbonyl (C=O) groups excluding carboxylic acids is 1. The Balaban J connectivity index is 2.26. The maximum Gasteiger partial charge on any atom is 0.360 e. The van der Waals surface area contributed by atoms with Crippen molar-refractivity contribution in [1.82, 2.24) is 25.1 Å². The third-order valence-electron chi connectivity index (χ3n) is 2.88. The minimum absolute atomic E-state index is 0.159. The van der Waals surface area contributed by atoms with Gasteiger partial charge in [-0.05, 0) is 6.54 Å². The van der Waals surface area contributed by atoms with Crippen molar-refractivity contribution in [3.8, 4) is 0 Å². The van der Waals surface area contributed by atoms with Gasteiger partial charge < -0.3 is 15.0 Å². The molecule has 0 saturated carbocycles. The van der Waals surface area contributed by atoms with Gasteiger partial charge in [-0.3, -0.25) is 0 Å². The topological polar surface area (TPSA) is 122 Å². The zero-order chi connectivity index (χ0) is 15.4. The number of aromatic nitrogens is 5. The van der Waals surface area contributed by atoms with Gasteiger partial charge in [0.2, 0.25) is 5.89 Å². The average Bonchev–Trinajstić information content (AvgIpc) is 3.07. The highest BCUT2D eigenvalue weighted by atomic mass is 16.5. The summed E-state index contributed by atoms with van der Waals surface area (Å²) < 4.78 is 11.4. The third-order valence-corrected chi connectivity index (χ3v) is 2.88. The molecule has 0 bridgehead atoms. The number of ether oxygens (including phenoxy) is 1. The highest BCUT2D eigenvalue weighted by Crippen LogP contribution is 2.13. The molecule has 2 N–H and O–H groups in total. The van der Waals surface area contributed by atoms with Crippen molar-refractivity contribution in [2.45, 2.75) is 32.7 Å².